The Labute approximate surface area is 121 Å². The highest BCUT2D eigenvalue weighted by molar-refractivity contribution is 7.89. The Balaban J connectivity index is 2.46. The molecule has 20 heavy (non-hydrogen) atoms. The quantitative estimate of drug-likeness (QED) is 0.861. The molecule has 1 heterocycles. The van der Waals surface area contributed by atoms with E-state index >= 15 is 0 Å². The maximum atomic E-state index is 12.5. The summed E-state index contributed by atoms with van der Waals surface area (Å²) in [4.78, 5) is 11.0. The molecule has 0 bridgehead atoms. The fourth-order valence-electron chi connectivity index (χ4n) is 2.22. The van der Waals surface area contributed by atoms with E-state index in [0.29, 0.717) is 0 Å². The third-order valence-electron chi connectivity index (χ3n) is 3.19. The molecule has 0 aromatic heterocycles. The van der Waals surface area contributed by atoms with E-state index < -0.39 is 28.1 Å². The van der Waals surface area contributed by atoms with Crippen LogP contribution >= 0.6 is 11.6 Å². The average Bonchev–Trinajstić information content (AvgIpc) is 2.71. The van der Waals surface area contributed by atoms with Gasteiger partial charge in [-0.1, -0.05) is 17.7 Å². The van der Waals surface area contributed by atoms with E-state index in [4.69, 9.17) is 16.7 Å². The molecule has 2 rings (SSSR count). The molecule has 1 fully saturated rings. The first-order valence-electron chi connectivity index (χ1n) is 5.92. The van der Waals surface area contributed by atoms with Gasteiger partial charge >= 0.3 is 5.97 Å². The fourth-order valence-corrected chi connectivity index (χ4v) is 4.42. The first kappa shape index (κ1) is 15.2. The summed E-state index contributed by atoms with van der Waals surface area (Å²) < 4.78 is 25.8. The lowest BCUT2D eigenvalue weighted by Gasteiger charge is -2.21. The van der Waals surface area contributed by atoms with Crippen LogP contribution in [0.2, 0.25) is 5.02 Å². The Kier molecular flexibility index (Phi) is 4.06. The number of aryl methyl sites for hydroxylation is 1. The van der Waals surface area contributed by atoms with E-state index in [2.05, 4.69) is 0 Å². The number of carbonyl (C=O) groups is 1. The van der Waals surface area contributed by atoms with E-state index in [1.54, 1.807) is 13.0 Å². The number of aliphatic hydroxyl groups excluding tert-OH is 1. The minimum atomic E-state index is -4.05. The second-order valence-corrected chi connectivity index (χ2v) is 7.02. The van der Waals surface area contributed by atoms with Crippen LogP contribution in [0.4, 0.5) is 0 Å². The van der Waals surface area contributed by atoms with Gasteiger partial charge in [0.2, 0.25) is 10.0 Å². The number of hydrogen-bond donors (Lipinski definition) is 2. The normalized spacial score (nSPS) is 23.9. The van der Waals surface area contributed by atoms with Gasteiger partial charge in [0, 0.05) is 13.0 Å². The highest BCUT2D eigenvalue weighted by Crippen LogP contribution is 2.30. The molecule has 8 heteroatoms. The van der Waals surface area contributed by atoms with Crippen LogP contribution in [0.1, 0.15) is 12.0 Å². The summed E-state index contributed by atoms with van der Waals surface area (Å²) in [5, 5.41) is 18.7. The summed E-state index contributed by atoms with van der Waals surface area (Å²) in [6, 6.07) is 3.15. The lowest BCUT2D eigenvalue weighted by atomic mass is 10.2. The van der Waals surface area contributed by atoms with Crippen molar-refractivity contribution < 1.29 is 23.4 Å². The van der Waals surface area contributed by atoms with Crippen molar-refractivity contribution in [3.63, 3.8) is 0 Å². The first-order valence-corrected chi connectivity index (χ1v) is 7.74. The van der Waals surface area contributed by atoms with E-state index in [0.717, 1.165) is 9.87 Å². The summed E-state index contributed by atoms with van der Waals surface area (Å²) in [5.74, 6) is -1.28. The Morgan fingerprint density at radius 3 is 2.65 bits per heavy atom. The van der Waals surface area contributed by atoms with Crippen LogP contribution < -0.4 is 0 Å². The van der Waals surface area contributed by atoms with Crippen molar-refractivity contribution in [3.8, 4) is 0 Å². The standard InChI is InChI=1S/C12H14ClNO5S/c1-7-2-3-11(9(13)4-7)20(18,19)14-6-8(15)5-10(14)12(16)17/h2-4,8,10,15H,5-6H2,1H3,(H,16,17)/t8-,10-/m0/s1. The predicted octanol–water partition coefficient (Wildman–Crippen LogP) is 0.857. The molecule has 0 unspecified atom stereocenters. The monoisotopic (exact) mass is 319 g/mol. The molecule has 2 atom stereocenters. The van der Waals surface area contributed by atoms with Crippen LogP contribution in [0.5, 0.6) is 0 Å². The largest absolute Gasteiger partial charge is 0.480 e. The molecule has 0 saturated carbocycles. The van der Waals surface area contributed by atoms with Crippen molar-refractivity contribution in [2.45, 2.75) is 30.4 Å². The highest BCUT2D eigenvalue weighted by Gasteiger charge is 2.44. The second kappa shape index (κ2) is 5.33. The summed E-state index contributed by atoms with van der Waals surface area (Å²) in [6.07, 6.45) is -1.12. The van der Waals surface area contributed by atoms with Crippen molar-refractivity contribution >= 4 is 27.6 Å². The number of rotatable bonds is 3. The average molecular weight is 320 g/mol. The van der Waals surface area contributed by atoms with Crippen LogP contribution in [-0.4, -0.2) is 47.6 Å². The smallest absolute Gasteiger partial charge is 0.322 e. The zero-order valence-corrected chi connectivity index (χ0v) is 12.2. The lowest BCUT2D eigenvalue weighted by molar-refractivity contribution is -0.140. The molecule has 1 aliphatic heterocycles. The number of aliphatic hydroxyl groups is 1. The number of benzene rings is 1. The predicted molar refractivity (Wildman–Crippen MR) is 72.1 cm³/mol. The van der Waals surface area contributed by atoms with Gasteiger partial charge in [-0.2, -0.15) is 4.31 Å². The van der Waals surface area contributed by atoms with Crippen molar-refractivity contribution in [3.05, 3.63) is 28.8 Å². The molecule has 1 aliphatic rings. The molecule has 1 saturated heterocycles. The molecular formula is C12H14ClNO5S. The van der Waals surface area contributed by atoms with Crippen molar-refractivity contribution in [2.24, 2.45) is 0 Å². The topological polar surface area (TPSA) is 94.9 Å². The van der Waals surface area contributed by atoms with Gasteiger partial charge in [-0.3, -0.25) is 4.79 Å². The Bertz CT molecular complexity index is 645. The van der Waals surface area contributed by atoms with Gasteiger partial charge in [-0.25, -0.2) is 8.42 Å². The molecule has 1 aromatic carbocycles. The minimum absolute atomic E-state index is 0.0375. The maximum Gasteiger partial charge on any atom is 0.322 e. The SMILES string of the molecule is Cc1ccc(S(=O)(=O)N2C[C@@H](O)C[C@H]2C(=O)O)c(Cl)c1. The molecule has 0 radical (unpaired) electrons. The van der Waals surface area contributed by atoms with E-state index in [-0.39, 0.29) is 22.9 Å². The number of halogens is 1. The molecule has 1 aromatic rings. The number of nitrogens with zero attached hydrogens (tertiary/aromatic N) is 1. The lowest BCUT2D eigenvalue weighted by Crippen LogP contribution is -2.40. The van der Waals surface area contributed by atoms with E-state index in [1.807, 2.05) is 0 Å². The molecule has 6 nitrogen and oxygen atoms in total. The molecule has 0 aliphatic carbocycles. The van der Waals surface area contributed by atoms with Crippen molar-refractivity contribution in [1.82, 2.24) is 4.31 Å². The van der Waals surface area contributed by atoms with Gasteiger partial charge in [-0.15, -0.1) is 0 Å². The van der Waals surface area contributed by atoms with Crippen LogP contribution in [0.3, 0.4) is 0 Å². The fraction of sp³-hybridized carbons (Fsp3) is 0.417. The second-order valence-electron chi connectivity index (χ2n) is 4.75. The third-order valence-corrected chi connectivity index (χ3v) is 5.55. The van der Waals surface area contributed by atoms with Gasteiger partial charge in [-0.05, 0) is 24.6 Å². The van der Waals surface area contributed by atoms with Crippen LogP contribution in [-0.2, 0) is 14.8 Å². The van der Waals surface area contributed by atoms with Crippen LogP contribution in [0, 0.1) is 6.92 Å². The summed E-state index contributed by atoms with van der Waals surface area (Å²) >= 11 is 5.94. The number of aliphatic carboxylic acids is 1. The number of carboxylic acid groups (broad SMARTS) is 1. The molecule has 2 N–H and O–H groups in total. The zero-order valence-electron chi connectivity index (χ0n) is 10.7. The number of hydrogen-bond acceptors (Lipinski definition) is 4. The number of carboxylic acids is 1. The highest BCUT2D eigenvalue weighted by atomic mass is 35.5. The minimum Gasteiger partial charge on any atom is -0.480 e. The van der Waals surface area contributed by atoms with Crippen LogP contribution in [0.25, 0.3) is 0 Å². The van der Waals surface area contributed by atoms with Gasteiger partial charge in [0.1, 0.15) is 10.9 Å². The van der Waals surface area contributed by atoms with Gasteiger partial charge in [0.05, 0.1) is 11.1 Å². The third kappa shape index (κ3) is 2.67. The van der Waals surface area contributed by atoms with Crippen LogP contribution in [0.15, 0.2) is 23.1 Å². The molecule has 110 valence electrons. The Morgan fingerprint density at radius 1 is 1.45 bits per heavy atom. The van der Waals surface area contributed by atoms with E-state index in [9.17, 15) is 18.3 Å². The Morgan fingerprint density at radius 2 is 2.10 bits per heavy atom. The van der Waals surface area contributed by atoms with E-state index in [1.165, 1.54) is 12.1 Å². The maximum absolute atomic E-state index is 12.5. The Hall–Kier alpha value is -1.15. The molecule has 0 amide bonds. The first-order chi connectivity index (χ1) is 9.23. The number of sulfonamides is 1. The zero-order chi connectivity index (χ0) is 15.1. The van der Waals surface area contributed by atoms with Crippen molar-refractivity contribution in [1.29, 1.82) is 0 Å². The molecular weight excluding hydrogens is 306 g/mol. The summed E-state index contributed by atoms with van der Waals surface area (Å²) in [6.45, 7) is 1.52. The van der Waals surface area contributed by atoms with Gasteiger partial charge in [0.15, 0.2) is 0 Å². The van der Waals surface area contributed by atoms with Gasteiger partial charge in [0.25, 0.3) is 0 Å². The summed E-state index contributed by atoms with van der Waals surface area (Å²) in [7, 11) is -4.05. The number of β-amino-alcohol motifs (C(OH)–C–C–N with tert-alkyl or cyclic N) is 1. The summed E-state index contributed by atoms with van der Waals surface area (Å²) in [5.41, 5.74) is 0.796. The van der Waals surface area contributed by atoms with Crippen molar-refractivity contribution in [2.75, 3.05) is 6.54 Å². The van der Waals surface area contributed by atoms with Gasteiger partial charge < -0.3 is 10.2 Å². The molecule has 0 spiro atoms.